The van der Waals surface area contributed by atoms with Crippen LogP contribution < -0.4 is 5.56 Å². The van der Waals surface area contributed by atoms with Gasteiger partial charge in [0.2, 0.25) is 0 Å². The molecule has 1 aromatic heterocycles. The number of fused-ring (bicyclic) bond motifs is 1. The molecular formula is C18H19FN4O. The van der Waals surface area contributed by atoms with E-state index in [9.17, 15) is 9.18 Å². The number of aromatic nitrogens is 2. The Balaban J connectivity index is 1.77. The van der Waals surface area contributed by atoms with Gasteiger partial charge in [0.25, 0.3) is 5.56 Å². The van der Waals surface area contributed by atoms with Gasteiger partial charge in [0.15, 0.2) is 0 Å². The molecule has 1 aliphatic heterocycles. The van der Waals surface area contributed by atoms with Crippen molar-refractivity contribution in [2.45, 2.75) is 39.3 Å². The molecule has 124 valence electrons. The third kappa shape index (κ3) is 3.36. The normalized spacial score (nSPS) is 14.2. The first-order valence-corrected chi connectivity index (χ1v) is 8.12. The van der Waals surface area contributed by atoms with Crippen LogP contribution >= 0.6 is 0 Å². The number of benzene rings is 1. The SMILES string of the molecule is CCCc1nc2c(c(=O)[nH]1)CN(Cc1ccc(C#N)c(F)c1)CC2. The average Bonchev–Trinajstić information content (AvgIpc) is 2.56. The number of aryl methyl sites for hydroxylation is 1. The maximum Gasteiger partial charge on any atom is 0.255 e. The molecule has 1 aromatic carbocycles. The standard InChI is InChI=1S/C18H19FN4O/c1-2-3-17-21-16-6-7-23(11-14(16)18(24)22-17)10-12-4-5-13(9-20)15(19)8-12/h4-5,8H,2-3,6-7,10-11H2,1H3,(H,21,22,24). The first-order valence-electron chi connectivity index (χ1n) is 8.12. The van der Waals surface area contributed by atoms with Gasteiger partial charge in [-0.05, 0) is 24.1 Å². The molecule has 1 N–H and O–H groups in total. The van der Waals surface area contributed by atoms with E-state index in [1.165, 1.54) is 12.1 Å². The third-order valence-electron chi connectivity index (χ3n) is 4.24. The second-order valence-corrected chi connectivity index (χ2v) is 6.07. The fraction of sp³-hybridized carbons (Fsp3) is 0.389. The summed E-state index contributed by atoms with van der Waals surface area (Å²) in [6, 6.07) is 6.46. The van der Waals surface area contributed by atoms with Crippen LogP contribution in [0, 0.1) is 17.1 Å². The number of nitrogens with zero attached hydrogens (tertiary/aromatic N) is 3. The van der Waals surface area contributed by atoms with Crippen molar-refractivity contribution < 1.29 is 4.39 Å². The van der Waals surface area contributed by atoms with Gasteiger partial charge in [-0.25, -0.2) is 9.37 Å². The topological polar surface area (TPSA) is 72.8 Å². The van der Waals surface area contributed by atoms with Gasteiger partial charge in [-0.1, -0.05) is 13.0 Å². The molecule has 0 saturated heterocycles. The summed E-state index contributed by atoms with van der Waals surface area (Å²) >= 11 is 0. The summed E-state index contributed by atoms with van der Waals surface area (Å²) in [5.41, 5.74) is 2.35. The van der Waals surface area contributed by atoms with Crippen molar-refractivity contribution in [1.82, 2.24) is 14.9 Å². The van der Waals surface area contributed by atoms with Gasteiger partial charge in [0.1, 0.15) is 17.7 Å². The van der Waals surface area contributed by atoms with Gasteiger partial charge < -0.3 is 4.98 Å². The molecule has 0 atom stereocenters. The molecule has 0 bridgehead atoms. The summed E-state index contributed by atoms with van der Waals surface area (Å²) in [6.45, 7) is 3.87. The van der Waals surface area contributed by atoms with Gasteiger partial charge in [0.05, 0.1) is 16.8 Å². The van der Waals surface area contributed by atoms with Crippen LogP contribution in [-0.2, 0) is 25.9 Å². The zero-order valence-electron chi connectivity index (χ0n) is 13.6. The van der Waals surface area contributed by atoms with E-state index in [0.717, 1.165) is 36.5 Å². The molecule has 0 amide bonds. The van der Waals surface area contributed by atoms with E-state index in [1.807, 2.05) is 6.07 Å². The number of H-pyrrole nitrogens is 1. The van der Waals surface area contributed by atoms with Crippen molar-refractivity contribution in [1.29, 1.82) is 5.26 Å². The number of nitrogens with one attached hydrogen (secondary N) is 1. The lowest BCUT2D eigenvalue weighted by atomic mass is 10.0. The van der Waals surface area contributed by atoms with Crippen molar-refractivity contribution in [3.8, 4) is 6.07 Å². The largest absolute Gasteiger partial charge is 0.310 e. The quantitative estimate of drug-likeness (QED) is 0.935. The Morgan fingerprint density at radius 2 is 2.29 bits per heavy atom. The highest BCUT2D eigenvalue weighted by Crippen LogP contribution is 2.18. The summed E-state index contributed by atoms with van der Waals surface area (Å²) in [6.07, 6.45) is 2.43. The summed E-state index contributed by atoms with van der Waals surface area (Å²) in [5, 5.41) is 8.79. The summed E-state index contributed by atoms with van der Waals surface area (Å²) in [7, 11) is 0. The predicted octanol–water partition coefficient (Wildman–Crippen LogP) is 2.29. The van der Waals surface area contributed by atoms with Crippen molar-refractivity contribution in [2.75, 3.05) is 6.54 Å². The fourth-order valence-corrected chi connectivity index (χ4v) is 3.03. The van der Waals surface area contributed by atoms with Crippen molar-refractivity contribution >= 4 is 0 Å². The molecule has 2 aromatic rings. The molecule has 0 aliphatic carbocycles. The third-order valence-corrected chi connectivity index (χ3v) is 4.24. The minimum atomic E-state index is -0.504. The zero-order chi connectivity index (χ0) is 17.1. The summed E-state index contributed by atoms with van der Waals surface area (Å²) in [4.78, 5) is 21.8. The van der Waals surface area contributed by atoms with E-state index in [-0.39, 0.29) is 11.1 Å². The number of aromatic amines is 1. The van der Waals surface area contributed by atoms with E-state index in [2.05, 4.69) is 21.8 Å². The number of hydrogen-bond donors (Lipinski definition) is 1. The molecule has 1 aliphatic rings. The van der Waals surface area contributed by atoms with Gasteiger partial charge in [-0.3, -0.25) is 9.69 Å². The Kier molecular flexibility index (Phi) is 4.72. The monoisotopic (exact) mass is 326 g/mol. The minimum absolute atomic E-state index is 0.0480. The number of halogens is 1. The average molecular weight is 326 g/mol. The zero-order valence-corrected chi connectivity index (χ0v) is 13.6. The maximum absolute atomic E-state index is 13.7. The molecular weight excluding hydrogens is 307 g/mol. The molecule has 3 rings (SSSR count). The summed E-state index contributed by atoms with van der Waals surface area (Å²) in [5.74, 6) is 0.250. The van der Waals surface area contributed by atoms with Crippen LogP contribution in [0.2, 0.25) is 0 Å². The lowest BCUT2D eigenvalue weighted by Crippen LogP contribution is -2.35. The van der Waals surface area contributed by atoms with Crippen LogP contribution in [-0.4, -0.2) is 21.4 Å². The van der Waals surface area contributed by atoms with Gasteiger partial charge in [-0.15, -0.1) is 0 Å². The lowest BCUT2D eigenvalue weighted by Gasteiger charge is -2.27. The molecule has 5 nitrogen and oxygen atoms in total. The van der Waals surface area contributed by atoms with Gasteiger partial charge in [-0.2, -0.15) is 5.26 Å². The molecule has 0 radical (unpaired) electrons. The van der Waals surface area contributed by atoms with Crippen LogP contribution in [0.1, 0.15) is 41.6 Å². The minimum Gasteiger partial charge on any atom is -0.310 e. The van der Waals surface area contributed by atoms with E-state index in [4.69, 9.17) is 5.26 Å². The van der Waals surface area contributed by atoms with Gasteiger partial charge in [0, 0.05) is 32.5 Å². The lowest BCUT2D eigenvalue weighted by molar-refractivity contribution is 0.241. The fourth-order valence-electron chi connectivity index (χ4n) is 3.03. The first kappa shape index (κ1) is 16.3. The van der Waals surface area contributed by atoms with E-state index < -0.39 is 5.82 Å². The Labute approximate surface area is 139 Å². The molecule has 24 heavy (non-hydrogen) atoms. The Morgan fingerprint density at radius 1 is 1.46 bits per heavy atom. The van der Waals surface area contributed by atoms with E-state index in [0.29, 0.717) is 25.1 Å². The van der Waals surface area contributed by atoms with Crippen molar-refractivity contribution in [2.24, 2.45) is 0 Å². The highest BCUT2D eigenvalue weighted by molar-refractivity contribution is 5.33. The molecule has 2 heterocycles. The molecule has 6 heteroatoms. The number of hydrogen-bond acceptors (Lipinski definition) is 4. The Bertz CT molecular complexity index is 853. The van der Waals surface area contributed by atoms with E-state index >= 15 is 0 Å². The molecule has 0 saturated carbocycles. The van der Waals surface area contributed by atoms with Crippen LogP contribution in [0.15, 0.2) is 23.0 Å². The van der Waals surface area contributed by atoms with Crippen LogP contribution in [0.3, 0.4) is 0 Å². The predicted molar refractivity (Wildman–Crippen MR) is 87.8 cm³/mol. The second kappa shape index (κ2) is 6.93. The van der Waals surface area contributed by atoms with Crippen molar-refractivity contribution in [3.05, 3.63) is 62.6 Å². The molecule has 0 unspecified atom stereocenters. The number of nitriles is 1. The van der Waals surface area contributed by atoms with Crippen LogP contribution in [0.25, 0.3) is 0 Å². The summed E-state index contributed by atoms with van der Waals surface area (Å²) < 4.78 is 13.7. The second-order valence-electron chi connectivity index (χ2n) is 6.07. The van der Waals surface area contributed by atoms with Crippen LogP contribution in [0.5, 0.6) is 0 Å². The maximum atomic E-state index is 13.7. The first-order chi connectivity index (χ1) is 11.6. The van der Waals surface area contributed by atoms with E-state index in [1.54, 1.807) is 6.07 Å². The van der Waals surface area contributed by atoms with Crippen LogP contribution in [0.4, 0.5) is 4.39 Å². The Morgan fingerprint density at radius 3 is 3.00 bits per heavy atom. The highest BCUT2D eigenvalue weighted by Gasteiger charge is 2.21. The van der Waals surface area contributed by atoms with Gasteiger partial charge >= 0.3 is 0 Å². The Hall–Kier alpha value is -2.52. The number of rotatable bonds is 4. The molecule has 0 fully saturated rings. The highest BCUT2D eigenvalue weighted by atomic mass is 19.1. The van der Waals surface area contributed by atoms with Crippen molar-refractivity contribution in [3.63, 3.8) is 0 Å². The smallest absolute Gasteiger partial charge is 0.255 e. The molecule has 0 spiro atoms.